The van der Waals surface area contributed by atoms with E-state index in [2.05, 4.69) is 18.8 Å². The van der Waals surface area contributed by atoms with Gasteiger partial charge in [0.2, 0.25) is 0 Å². The van der Waals surface area contributed by atoms with Gasteiger partial charge in [0, 0.05) is 17.0 Å². The van der Waals surface area contributed by atoms with Gasteiger partial charge in [0.1, 0.15) is 0 Å². The predicted molar refractivity (Wildman–Crippen MR) is 55.2 cm³/mol. The molecule has 0 atom stereocenters. The normalized spacial score (nSPS) is 10.5. The molecule has 0 aliphatic rings. The number of pyridine rings is 1. The fourth-order valence-corrected chi connectivity index (χ4v) is 1.64. The van der Waals surface area contributed by atoms with Crippen LogP contribution in [0.3, 0.4) is 0 Å². The van der Waals surface area contributed by atoms with E-state index in [4.69, 9.17) is 0 Å². The first-order valence-electron chi connectivity index (χ1n) is 4.23. The van der Waals surface area contributed by atoms with Crippen molar-refractivity contribution in [2.45, 2.75) is 31.0 Å². The van der Waals surface area contributed by atoms with Crippen molar-refractivity contribution in [1.82, 2.24) is 4.98 Å². The van der Waals surface area contributed by atoms with Crippen LogP contribution in [0.15, 0.2) is 23.4 Å². The van der Waals surface area contributed by atoms with Gasteiger partial charge in [0.05, 0.1) is 5.03 Å². The minimum atomic E-state index is 0.0635. The first-order valence-corrected chi connectivity index (χ1v) is 5.11. The second-order valence-electron chi connectivity index (χ2n) is 3.11. The maximum absolute atomic E-state index is 10.9. The van der Waals surface area contributed by atoms with Gasteiger partial charge in [-0.25, -0.2) is 4.98 Å². The van der Waals surface area contributed by atoms with Crippen molar-refractivity contribution >= 4 is 17.5 Å². The monoisotopic (exact) mass is 195 g/mol. The van der Waals surface area contributed by atoms with E-state index in [9.17, 15) is 4.79 Å². The van der Waals surface area contributed by atoms with E-state index in [1.54, 1.807) is 24.9 Å². The highest BCUT2D eigenvalue weighted by molar-refractivity contribution is 7.99. The fourth-order valence-electron chi connectivity index (χ4n) is 0.900. The van der Waals surface area contributed by atoms with Crippen molar-refractivity contribution in [3.8, 4) is 0 Å². The Morgan fingerprint density at radius 1 is 1.46 bits per heavy atom. The molecule has 1 heterocycles. The molecule has 0 aliphatic carbocycles. The second kappa shape index (κ2) is 4.42. The molecule has 2 nitrogen and oxygen atoms in total. The zero-order chi connectivity index (χ0) is 9.84. The van der Waals surface area contributed by atoms with Crippen molar-refractivity contribution < 1.29 is 4.79 Å². The molecule has 0 amide bonds. The molecule has 0 saturated heterocycles. The van der Waals surface area contributed by atoms with Crippen LogP contribution in [0, 0.1) is 0 Å². The SMILES string of the molecule is CC(=O)c1ccc(SC(C)C)nc1. The molecule has 1 aromatic heterocycles. The molecule has 0 aromatic carbocycles. The van der Waals surface area contributed by atoms with Gasteiger partial charge in [-0.2, -0.15) is 0 Å². The molecular weight excluding hydrogens is 182 g/mol. The highest BCUT2D eigenvalue weighted by Gasteiger charge is 2.02. The molecule has 0 radical (unpaired) electrons. The Balaban J connectivity index is 2.75. The number of rotatable bonds is 3. The third kappa shape index (κ3) is 3.19. The third-order valence-corrected chi connectivity index (χ3v) is 2.45. The minimum absolute atomic E-state index is 0.0635. The molecule has 3 heteroatoms. The zero-order valence-electron chi connectivity index (χ0n) is 8.07. The summed E-state index contributed by atoms with van der Waals surface area (Å²) < 4.78 is 0. The van der Waals surface area contributed by atoms with Crippen LogP contribution < -0.4 is 0 Å². The van der Waals surface area contributed by atoms with Crippen LogP contribution >= 0.6 is 11.8 Å². The summed E-state index contributed by atoms with van der Waals surface area (Å²) in [4.78, 5) is 15.1. The summed E-state index contributed by atoms with van der Waals surface area (Å²) in [7, 11) is 0. The summed E-state index contributed by atoms with van der Waals surface area (Å²) in [5.74, 6) is 0.0635. The Morgan fingerprint density at radius 3 is 2.54 bits per heavy atom. The Morgan fingerprint density at radius 2 is 2.15 bits per heavy atom. The lowest BCUT2D eigenvalue weighted by molar-refractivity contribution is 0.101. The summed E-state index contributed by atoms with van der Waals surface area (Å²) in [6.07, 6.45) is 1.63. The Bertz CT molecular complexity index is 292. The van der Waals surface area contributed by atoms with Gasteiger partial charge in [-0.05, 0) is 19.1 Å². The summed E-state index contributed by atoms with van der Waals surface area (Å²) in [6, 6.07) is 3.71. The molecule has 13 heavy (non-hydrogen) atoms. The van der Waals surface area contributed by atoms with Crippen molar-refractivity contribution in [3.05, 3.63) is 23.9 Å². The molecule has 0 saturated carbocycles. The lowest BCUT2D eigenvalue weighted by Crippen LogP contribution is -1.94. The minimum Gasteiger partial charge on any atom is -0.294 e. The van der Waals surface area contributed by atoms with E-state index in [1.165, 1.54) is 0 Å². The number of thioether (sulfide) groups is 1. The first kappa shape index (κ1) is 10.3. The van der Waals surface area contributed by atoms with Gasteiger partial charge in [-0.3, -0.25) is 4.79 Å². The van der Waals surface area contributed by atoms with Crippen molar-refractivity contribution in [3.63, 3.8) is 0 Å². The van der Waals surface area contributed by atoms with Crippen LogP contribution in [0.4, 0.5) is 0 Å². The second-order valence-corrected chi connectivity index (χ2v) is 4.70. The third-order valence-electron chi connectivity index (χ3n) is 1.50. The van der Waals surface area contributed by atoms with Crippen LogP contribution in [0.5, 0.6) is 0 Å². The Kier molecular flexibility index (Phi) is 3.48. The van der Waals surface area contributed by atoms with Gasteiger partial charge in [-0.1, -0.05) is 13.8 Å². The molecule has 1 rings (SSSR count). The number of ketones is 1. The highest BCUT2D eigenvalue weighted by Crippen LogP contribution is 2.20. The molecule has 1 aromatic rings. The van der Waals surface area contributed by atoms with Crippen LogP contribution in [-0.4, -0.2) is 16.0 Å². The summed E-state index contributed by atoms with van der Waals surface area (Å²) in [5, 5.41) is 1.50. The Labute approximate surface area is 82.8 Å². The number of Topliss-reactive ketones (excluding diaryl/α,β-unsaturated/α-hetero) is 1. The van der Waals surface area contributed by atoms with E-state index < -0.39 is 0 Å². The number of nitrogens with zero attached hydrogens (tertiary/aromatic N) is 1. The number of carbonyl (C=O) groups is 1. The van der Waals surface area contributed by atoms with Crippen LogP contribution in [0.1, 0.15) is 31.1 Å². The maximum Gasteiger partial charge on any atom is 0.161 e. The number of hydrogen-bond acceptors (Lipinski definition) is 3. The van der Waals surface area contributed by atoms with Gasteiger partial charge in [0.25, 0.3) is 0 Å². The lowest BCUT2D eigenvalue weighted by Gasteiger charge is -2.03. The molecule has 70 valence electrons. The van der Waals surface area contributed by atoms with Crippen molar-refractivity contribution in [2.24, 2.45) is 0 Å². The van der Waals surface area contributed by atoms with Crippen molar-refractivity contribution in [1.29, 1.82) is 0 Å². The van der Waals surface area contributed by atoms with E-state index in [0.29, 0.717) is 10.8 Å². The average Bonchev–Trinajstić information content (AvgIpc) is 2.04. The molecular formula is C10H13NOS. The van der Waals surface area contributed by atoms with E-state index in [-0.39, 0.29) is 5.78 Å². The number of carbonyl (C=O) groups excluding carboxylic acids is 1. The van der Waals surface area contributed by atoms with Crippen LogP contribution in [0.2, 0.25) is 0 Å². The maximum atomic E-state index is 10.9. The number of aromatic nitrogens is 1. The zero-order valence-corrected chi connectivity index (χ0v) is 8.89. The summed E-state index contributed by atoms with van der Waals surface area (Å²) >= 11 is 1.70. The van der Waals surface area contributed by atoms with Crippen LogP contribution in [-0.2, 0) is 0 Å². The highest BCUT2D eigenvalue weighted by atomic mass is 32.2. The van der Waals surface area contributed by atoms with E-state index >= 15 is 0 Å². The van der Waals surface area contributed by atoms with Crippen molar-refractivity contribution in [2.75, 3.05) is 0 Å². The molecule has 0 unspecified atom stereocenters. The molecule has 0 N–H and O–H groups in total. The summed E-state index contributed by atoms with van der Waals surface area (Å²) in [6.45, 7) is 5.78. The average molecular weight is 195 g/mol. The van der Waals surface area contributed by atoms with Gasteiger partial charge in [-0.15, -0.1) is 11.8 Å². The molecule has 0 aliphatic heterocycles. The van der Waals surface area contributed by atoms with Crippen LogP contribution in [0.25, 0.3) is 0 Å². The van der Waals surface area contributed by atoms with E-state index in [0.717, 1.165) is 5.03 Å². The summed E-state index contributed by atoms with van der Waals surface area (Å²) in [5.41, 5.74) is 0.674. The fraction of sp³-hybridized carbons (Fsp3) is 0.400. The predicted octanol–water partition coefficient (Wildman–Crippen LogP) is 2.78. The lowest BCUT2D eigenvalue weighted by atomic mass is 10.2. The topological polar surface area (TPSA) is 30.0 Å². The quantitative estimate of drug-likeness (QED) is 0.548. The molecule has 0 spiro atoms. The Hall–Kier alpha value is -0.830. The van der Waals surface area contributed by atoms with Gasteiger partial charge < -0.3 is 0 Å². The number of hydrogen-bond donors (Lipinski definition) is 0. The molecule has 0 bridgehead atoms. The molecule has 0 fully saturated rings. The first-order chi connectivity index (χ1) is 6.09. The standard InChI is InChI=1S/C10H13NOS/c1-7(2)13-10-5-4-9(6-11-10)8(3)12/h4-7H,1-3H3. The van der Waals surface area contributed by atoms with Gasteiger partial charge >= 0.3 is 0 Å². The largest absolute Gasteiger partial charge is 0.294 e. The smallest absolute Gasteiger partial charge is 0.161 e. The van der Waals surface area contributed by atoms with Gasteiger partial charge in [0.15, 0.2) is 5.78 Å². The van der Waals surface area contributed by atoms with E-state index in [1.807, 2.05) is 12.1 Å².